The van der Waals surface area contributed by atoms with Crippen LogP contribution in [0, 0.1) is 0 Å². The van der Waals surface area contributed by atoms with Crippen LogP contribution >= 0.6 is 0 Å². The van der Waals surface area contributed by atoms with Gasteiger partial charge in [-0.25, -0.2) is 14.4 Å². The summed E-state index contributed by atoms with van der Waals surface area (Å²) in [6.07, 6.45) is -0.526. The van der Waals surface area contributed by atoms with Crippen molar-refractivity contribution in [3.8, 4) is 5.75 Å². The molecule has 0 bridgehead atoms. The highest BCUT2D eigenvalue weighted by atomic mass is 16.6. The predicted molar refractivity (Wildman–Crippen MR) is 117 cm³/mol. The second-order valence-corrected chi connectivity index (χ2v) is 8.01. The quantitative estimate of drug-likeness (QED) is 0.468. The van der Waals surface area contributed by atoms with Crippen molar-refractivity contribution in [2.75, 3.05) is 13.7 Å². The first kappa shape index (κ1) is 24.7. The maximum atomic E-state index is 12.7. The fourth-order valence-electron chi connectivity index (χ4n) is 2.63. The summed E-state index contributed by atoms with van der Waals surface area (Å²) in [5, 5.41) is 2.59. The van der Waals surface area contributed by atoms with E-state index in [-0.39, 0.29) is 19.6 Å². The van der Waals surface area contributed by atoms with Crippen LogP contribution in [0.1, 0.15) is 31.9 Å². The van der Waals surface area contributed by atoms with Crippen LogP contribution in [0.25, 0.3) is 0 Å². The number of hydrogen-bond donors (Lipinski definition) is 1. The smallest absolute Gasteiger partial charge is 0.408 e. The number of amides is 1. The Kier molecular flexibility index (Phi) is 9.07. The molecule has 0 aliphatic rings. The average Bonchev–Trinajstić information content (AvgIpc) is 2.75. The van der Waals surface area contributed by atoms with E-state index < -0.39 is 29.7 Å². The third-order valence-electron chi connectivity index (χ3n) is 4.15. The summed E-state index contributed by atoms with van der Waals surface area (Å²) in [6.45, 7) is 5.10. The number of carbonyl (C=O) groups is 3. The van der Waals surface area contributed by atoms with Crippen LogP contribution in [0.3, 0.4) is 0 Å². The molecule has 2 rings (SSSR count). The Morgan fingerprint density at radius 2 is 1.59 bits per heavy atom. The Labute approximate surface area is 187 Å². The lowest BCUT2D eigenvalue weighted by molar-refractivity contribution is -0.147. The van der Waals surface area contributed by atoms with Crippen molar-refractivity contribution >= 4 is 18.0 Å². The third kappa shape index (κ3) is 9.07. The van der Waals surface area contributed by atoms with E-state index in [1.807, 2.05) is 30.3 Å². The van der Waals surface area contributed by atoms with E-state index in [2.05, 4.69) is 10.1 Å². The normalized spacial score (nSPS) is 11.8. The molecule has 2 aromatic carbocycles. The van der Waals surface area contributed by atoms with Crippen molar-refractivity contribution < 1.29 is 33.3 Å². The molecule has 172 valence electrons. The van der Waals surface area contributed by atoms with Crippen LogP contribution in [0.2, 0.25) is 0 Å². The van der Waals surface area contributed by atoms with Gasteiger partial charge in [0, 0.05) is 6.42 Å². The lowest BCUT2D eigenvalue weighted by atomic mass is 10.1. The van der Waals surface area contributed by atoms with Gasteiger partial charge in [-0.2, -0.15) is 0 Å². The first-order valence-corrected chi connectivity index (χ1v) is 10.1. The van der Waals surface area contributed by atoms with Gasteiger partial charge >= 0.3 is 18.0 Å². The van der Waals surface area contributed by atoms with Gasteiger partial charge in [-0.05, 0) is 44.0 Å². The zero-order valence-electron chi connectivity index (χ0n) is 18.8. The molecular weight excluding hydrogens is 414 g/mol. The first-order chi connectivity index (χ1) is 15.2. The molecule has 0 unspecified atom stereocenters. The molecule has 1 atom stereocenters. The molecule has 0 spiro atoms. The molecule has 2 aromatic rings. The summed E-state index contributed by atoms with van der Waals surface area (Å²) in [5.74, 6) is -0.593. The van der Waals surface area contributed by atoms with Crippen LogP contribution in [0.4, 0.5) is 4.79 Å². The van der Waals surface area contributed by atoms with Crippen molar-refractivity contribution in [3.63, 3.8) is 0 Å². The molecule has 32 heavy (non-hydrogen) atoms. The first-order valence-electron chi connectivity index (χ1n) is 10.1. The van der Waals surface area contributed by atoms with Gasteiger partial charge in [-0.15, -0.1) is 0 Å². The Hall–Kier alpha value is -3.55. The molecule has 8 nitrogen and oxygen atoms in total. The SMILES string of the molecule is COC(=O)COc1ccc(C[C@H](NC(=O)OC(C)(C)C)C(=O)OCc2ccccc2)cc1. The molecule has 0 saturated heterocycles. The molecule has 0 saturated carbocycles. The molecule has 1 N–H and O–H groups in total. The van der Waals surface area contributed by atoms with Gasteiger partial charge in [0.25, 0.3) is 0 Å². The Morgan fingerprint density at radius 1 is 0.938 bits per heavy atom. The fraction of sp³-hybridized carbons (Fsp3) is 0.375. The van der Waals surface area contributed by atoms with E-state index in [1.165, 1.54) is 7.11 Å². The summed E-state index contributed by atoms with van der Waals surface area (Å²) >= 11 is 0. The van der Waals surface area contributed by atoms with Crippen LogP contribution in [-0.4, -0.2) is 43.4 Å². The topological polar surface area (TPSA) is 100 Å². The number of methoxy groups -OCH3 is 1. The number of benzene rings is 2. The molecule has 0 radical (unpaired) electrons. The maximum Gasteiger partial charge on any atom is 0.408 e. The Morgan fingerprint density at radius 3 is 2.19 bits per heavy atom. The number of alkyl carbamates (subject to hydrolysis) is 1. The van der Waals surface area contributed by atoms with Crippen molar-refractivity contribution in [1.29, 1.82) is 0 Å². The number of nitrogens with one attached hydrogen (secondary N) is 1. The van der Waals surface area contributed by atoms with E-state index in [0.717, 1.165) is 11.1 Å². The summed E-state index contributed by atoms with van der Waals surface area (Å²) < 4.78 is 20.5. The molecular formula is C24H29NO7. The van der Waals surface area contributed by atoms with E-state index in [4.69, 9.17) is 14.2 Å². The van der Waals surface area contributed by atoms with Crippen molar-refractivity contribution in [2.24, 2.45) is 0 Å². The van der Waals surface area contributed by atoms with Crippen molar-refractivity contribution in [1.82, 2.24) is 5.32 Å². The molecule has 8 heteroatoms. The third-order valence-corrected chi connectivity index (χ3v) is 4.15. The van der Waals surface area contributed by atoms with E-state index >= 15 is 0 Å². The second kappa shape index (κ2) is 11.7. The van der Waals surface area contributed by atoms with E-state index in [1.54, 1.807) is 45.0 Å². The number of ether oxygens (including phenoxy) is 4. The minimum Gasteiger partial charge on any atom is -0.482 e. The Bertz CT molecular complexity index is 889. The highest BCUT2D eigenvalue weighted by Crippen LogP contribution is 2.15. The Balaban J connectivity index is 2.05. The number of esters is 2. The van der Waals surface area contributed by atoms with Gasteiger partial charge in [-0.3, -0.25) is 0 Å². The largest absolute Gasteiger partial charge is 0.482 e. The molecule has 0 fully saturated rings. The lowest BCUT2D eigenvalue weighted by Crippen LogP contribution is -2.45. The number of carbonyl (C=O) groups excluding carboxylic acids is 3. The molecule has 0 heterocycles. The number of rotatable bonds is 9. The summed E-state index contributed by atoms with van der Waals surface area (Å²) in [5.41, 5.74) is 0.887. The van der Waals surface area contributed by atoms with Crippen molar-refractivity contribution in [3.05, 3.63) is 65.7 Å². The number of hydrogen-bond acceptors (Lipinski definition) is 7. The molecule has 0 aliphatic heterocycles. The van der Waals surface area contributed by atoms with E-state index in [9.17, 15) is 14.4 Å². The van der Waals surface area contributed by atoms with Gasteiger partial charge in [0.15, 0.2) is 6.61 Å². The zero-order chi connectivity index (χ0) is 23.6. The lowest BCUT2D eigenvalue weighted by Gasteiger charge is -2.23. The second-order valence-electron chi connectivity index (χ2n) is 8.01. The van der Waals surface area contributed by atoms with Gasteiger partial charge in [0.1, 0.15) is 24.0 Å². The highest BCUT2D eigenvalue weighted by molar-refractivity contribution is 5.81. The van der Waals surface area contributed by atoms with Gasteiger partial charge in [0.05, 0.1) is 7.11 Å². The highest BCUT2D eigenvalue weighted by Gasteiger charge is 2.26. The monoisotopic (exact) mass is 443 g/mol. The summed E-state index contributed by atoms with van der Waals surface area (Å²) in [4.78, 5) is 36.2. The minimum atomic E-state index is -0.949. The van der Waals surface area contributed by atoms with Gasteiger partial charge in [-0.1, -0.05) is 42.5 Å². The summed E-state index contributed by atoms with van der Waals surface area (Å²) in [7, 11) is 1.28. The average molecular weight is 443 g/mol. The standard InChI is InChI=1S/C24H29NO7/c1-24(2,3)32-23(28)25-20(22(27)31-15-18-8-6-5-7-9-18)14-17-10-12-19(13-11-17)30-16-21(26)29-4/h5-13,20H,14-16H2,1-4H3,(H,25,28)/t20-/m0/s1. The minimum absolute atomic E-state index is 0.0898. The van der Waals surface area contributed by atoms with Crippen LogP contribution in [-0.2, 0) is 36.8 Å². The van der Waals surface area contributed by atoms with Crippen LogP contribution in [0.5, 0.6) is 5.75 Å². The molecule has 1 amide bonds. The summed E-state index contributed by atoms with van der Waals surface area (Å²) in [6, 6.07) is 15.1. The van der Waals surface area contributed by atoms with E-state index in [0.29, 0.717) is 5.75 Å². The van der Waals surface area contributed by atoms with Crippen LogP contribution in [0.15, 0.2) is 54.6 Å². The fourth-order valence-corrected chi connectivity index (χ4v) is 2.63. The molecule has 0 aliphatic carbocycles. The maximum absolute atomic E-state index is 12.7. The predicted octanol–water partition coefficient (Wildman–Crippen LogP) is 3.42. The van der Waals surface area contributed by atoms with Crippen LogP contribution < -0.4 is 10.1 Å². The molecule has 0 aromatic heterocycles. The van der Waals surface area contributed by atoms with Gasteiger partial charge < -0.3 is 24.3 Å². The van der Waals surface area contributed by atoms with Crippen molar-refractivity contribution in [2.45, 2.75) is 45.4 Å². The van der Waals surface area contributed by atoms with Gasteiger partial charge in [0.2, 0.25) is 0 Å². The zero-order valence-corrected chi connectivity index (χ0v) is 18.8.